The fourth-order valence-corrected chi connectivity index (χ4v) is 1.40. The van der Waals surface area contributed by atoms with E-state index < -0.39 is 0 Å². The largest absolute Gasteiger partial charge is 0.495 e. The van der Waals surface area contributed by atoms with Gasteiger partial charge in [-0.3, -0.25) is 4.98 Å². The summed E-state index contributed by atoms with van der Waals surface area (Å²) in [6, 6.07) is 1.83. The molecule has 2 N–H and O–H groups in total. The molecule has 90 valence electrons. The van der Waals surface area contributed by atoms with E-state index in [1.54, 1.807) is 19.5 Å². The summed E-state index contributed by atoms with van der Waals surface area (Å²) in [5, 5.41) is 0. The topological polar surface area (TPSA) is 51.4 Å². The molecule has 1 heterocycles. The van der Waals surface area contributed by atoms with E-state index in [0.717, 1.165) is 11.3 Å². The molecule has 1 aromatic rings. The van der Waals surface area contributed by atoms with Crippen molar-refractivity contribution in [2.75, 3.05) is 21.2 Å². The maximum Gasteiger partial charge on any atom is 0.137 e. The number of hydrogen-bond acceptors (Lipinski definition) is 4. The fourth-order valence-electron chi connectivity index (χ4n) is 1.40. The molecule has 4 nitrogen and oxygen atoms in total. The number of nitrogens with zero attached hydrogens (tertiary/aromatic N) is 2. The number of hydrogen-bond donors (Lipinski definition) is 1. The Morgan fingerprint density at radius 2 is 2.00 bits per heavy atom. The molecule has 16 heavy (non-hydrogen) atoms. The van der Waals surface area contributed by atoms with Crippen LogP contribution in [0, 0.1) is 0 Å². The molecule has 0 spiro atoms. The van der Waals surface area contributed by atoms with Gasteiger partial charge in [-0.25, -0.2) is 0 Å². The molecule has 0 saturated heterocycles. The van der Waals surface area contributed by atoms with Crippen LogP contribution in [0.5, 0.6) is 5.75 Å². The van der Waals surface area contributed by atoms with Gasteiger partial charge < -0.3 is 15.4 Å². The van der Waals surface area contributed by atoms with Gasteiger partial charge in [-0.1, -0.05) is 0 Å². The zero-order valence-corrected chi connectivity index (χ0v) is 10.7. The molecule has 1 atom stereocenters. The molecule has 1 unspecified atom stereocenters. The standard InChI is InChI=1S/C12H21N3O/c1-12(2,15(3)4)11(13)9-6-10(16-5)8-14-7-9/h6-8,11H,13H2,1-5H3. The van der Waals surface area contributed by atoms with Crippen LogP contribution >= 0.6 is 0 Å². The van der Waals surface area contributed by atoms with Crippen LogP contribution in [0.1, 0.15) is 25.5 Å². The lowest BCUT2D eigenvalue weighted by molar-refractivity contribution is 0.158. The SMILES string of the molecule is COc1cncc(C(N)C(C)(C)N(C)C)c1. The highest BCUT2D eigenvalue weighted by Crippen LogP contribution is 2.28. The first-order chi connectivity index (χ1) is 7.39. The Balaban J connectivity index is 2.99. The molecule has 4 heteroatoms. The Bertz CT molecular complexity index is 350. The molecule has 1 aromatic heterocycles. The van der Waals surface area contributed by atoms with E-state index in [4.69, 9.17) is 10.5 Å². The highest BCUT2D eigenvalue weighted by Gasteiger charge is 2.30. The van der Waals surface area contributed by atoms with E-state index in [2.05, 4.69) is 23.7 Å². The first-order valence-electron chi connectivity index (χ1n) is 5.31. The van der Waals surface area contributed by atoms with Gasteiger partial charge >= 0.3 is 0 Å². The van der Waals surface area contributed by atoms with Crippen molar-refractivity contribution in [3.63, 3.8) is 0 Å². The third-order valence-corrected chi connectivity index (χ3v) is 3.24. The van der Waals surface area contributed by atoms with Crippen LogP contribution in [0.4, 0.5) is 0 Å². The van der Waals surface area contributed by atoms with Gasteiger partial charge in [0.25, 0.3) is 0 Å². The van der Waals surface area contributed by atoms with Crippen molar-refractivity contribution in [2.24, 2.45) is 5.73 Å². The monoisotopic (exact) mass is 223 g/mol. The number of nitrogens with two attached hydrogens (primary N) is 1. The van der Waals surface area contributed by atoms with E-state index in [0.29, 0.717) is 0 Å². The van der Waals surface area contributed by atoms with Crippen molar-refractivity contribution < 1.29 is 4.74 Å². The third-order valence-electron chi connectivity index (χ3n) is 3.24. The minimum atomic E-state index is -0.131. The number of rotatable bonds is 4. The van der Waals surface area contributed by atoms with Crippen molar-refractivity contribution in [3.8, 4) is 5.75 Å². The first kappa shape index (κ1) is 12.9. The number of likely N-dealkylation sites (N-methyl/N-ethyl adjacent to an activating group) is 1. The first-order valence-corrected chi connectivity index (χ1v) is 5.31. The molecule has 0 aliphatic heterocycles. The molecule has 0 fully saturated rings. The van der Waals surface area contributed by atoms with Crippen molar-refractivity contribution in [2.45, 2.75) is 25.4 Å². The molecule has 0 aromatic carbocycles. The Hall–Kier alpha value is -1.13. The second-order valence-electron chi connectivity index (χ2n) is 4.68. The minimum Gasteiger partial charge on any atom is -0.495 e. The molecular formula is C12H21N3O. The number of ether oxygens (including phenoxy) is 1. The summed E-state index contributed by atoms with van der Waals surface area (Å²) in [5.74, 6) is 0.738. The van der Waals surface area contributed by atoms with E-state index in [9.17, 15) is 0 Å². The van der Waals surface area contributed by atoms with Gasteiger partial charge in [-0.15, -0.1) is 0 Å². The smallest absolute Gasteiger partial charge is 0.137 e. The molecule has 0 bridgehead atoms. The fraction of sp³-hybridized carbons (Fsp3) is 0.583. The van der Waals surface area contributed by atoms with Gasteiger partial charge in [-0.2, -0.15) is 0 Å². The summed E-state index contributed by atoms with van der Waals surface area (Å²) in [6.45, 7) is 4.22. The Labute approximate surface area is 97.4 Å². The normalized spacial score (nSPS) is 13.9. The lowest BCUT2D eigenvalue weighted by atomic mass is 9.89. The average Bonchev–Trinajstić information content (AvgIpc) is 2.27. The molecule has 0 amide bonds. The van der Waals surface area contributed by atoms with Crippen molar-refractivity contribution >= 4 is 0 Å². The Morgan fingerprint density at radius 3 is 2.50 bits per heavy atom. The maximum absolute atomic E-state index is 6.26. The van der Waals surface area contributed by atoms with Crippen LogP contribution in [-0.4, -0.2) is 36.6 Å². The van der Waals surface area contributed by atoms with Crippen molar-refractivity contribution in [1.82, 2.24) is 9.88 Å². The second-order valence-corrected chi connectivity index (χ2v) is 4.68. The van der Waals surface area contributed by atoms with Crippen LogP contribution in [0.25, 0.3) is 0 Å². The highest BCUT2D eigenvalue weighted by molar-refractivity contribution is 5.27. The van der Waals surface area contributed by atoms with Crippen LogP contribution < -0.4 is 10.5 Å². The predicted octanol–water partition coefficient (Wildman–Crippen LogP) is 1.43. The predicted molar refractivity (Wildman–Crippen MR) is 65.5 cm³/mol. The molecule has 1 rings (SSSR count). The summed E-state index contributed by atoms with van der Waals surface area (Å²) < 4.78 is 5.15. The number of methoxy groups -OCH3 is 1. The molecule has 0 radical (unpaired) electrons. The summed E-state index contributed by atoms with van der Waals surface area (Å²) in [6.07, 6.45) is 3.47. The van der Waals surface area contributed by atoms with Crippen LogP contribution in [0.2, 0.25) is 0 Å². The lowest BCUT2D eigenvalue weighted by Crippen LogP contribution is -2.47. The number of pyridine rings is 1. The maximum atomic E-state index is 6.26. The van der Waals surface area contributed by atoms with E-state index in [1.165, 1.54) is 0 Å². The van der Waals surface area contributed by atoms with Gasteiger partial charge in [0.1, 0.15) is 5.75 Å². The molecular weight excluding hydrogens is 202 g/mol. The van der Waals surface area contributed by atoms with Gasteiger partial charge in [0.05, 0.1) is 13.3 Å². The summed E-state index contributed by atoms with van der Waals surface area (Å²) >= 11 is 0. The van der Waals surface area contributed by atoms with Crippen LogP contribution in [-0.2, 0) is 0 Å². The van der Waals surface area contributed by atoms with E-state index in [1.807, 2.05) is 20.2 Å². The van der Waals surface area contributed by atoms with Crippen molar-refractivity contribution in [3.05, 3.63) is 24.0 Å². The molecule has 0 aliphatic rings. The summed E-state index contributed by atoms with van der Waals surface area (Å²) in [7, 11) is 5.67. The van der Waals surface area contributed by atoms with Gasteiger partial charge in [0.2, 0.25) is 0 Å². The molecule has 0 aliphatic carbocycles. The molecule has 0 saturated carbocycles. The lowest BCUT2D eigenvalue weighted by Gasteiger charge is -2.38. The minimum absolute atomic E-state index is 0.106. The van der Waals surface area contributed by atoms with Crippen molar-refractivity contribution in [1.29, 1.82) is 0 Å². The van der Waals surface area contributed by atoms with Gasteiger partial charge in [-0.05, 0) is 39.6 Å². The van der Waals surface area contributed by atoms with Gasteiger partial charge in [0.15, 0.2) is 0 Å². The van der Waals surface area contributed by atoms with Crippen LogP contribution in [0.15, 0.2) is 18.5 Å². The Kier molecular flexibility index (Phi) is 3.88. The van der Waals surface area contributed by atoms with E-state index in [-0.39, 0.29) is 11.6 Å². The summed E-state index contributed by atoms with van der Waals surface area (Å²) in [4.78, 5) is 6.23. The average molecular weight is 223 g/mol. The number of aromatic nitrogens is 1. The highest BCUT2D eigenvalue weighted by atomic mass is 16.5. The second kappa shape index (κ2) is 4.80. The van der Waals surface area contributed by atoms with Gasteiger partial charge in [0, 0.05) is 17.8 Å². The summed E-state index contributed by atoms with van der Waals surface area (Å²) in [5.41, 5.74) is 7.11. The van der Waals surface area contributed by atoms with Crippen LogP contribution in [0.3, 0.4) is 0 Å². The zero-order valence-electron chi connectivity index (χ0n) is 10.7. The Morgan fingerprint density at radius 1 is 1.38 bits per heavy atom. The quantitative estimate of drug-likeness (QED) is 0.839. The van der Waals surface area contributed by atoms with E-state index >= 15 is 0 Å². The zero-order chi connectivity index (χ0) is 12.3. The third kappa shape index (κ3) is 2.51.